The van der Waals surface area contributed by atoms with Gasteiger partial charge in [-0.05, 0) is 27.7 Å². The molecule has 78 valence electrons. The summed E-state index contributed by atoms with van der Waals surface area (Å²) < 4.78 is 4.68. The molecule has 0 saturated heterocycles. The Labute approximate surface area is 82.9 Å². The van der Waals surface area contributed by atoms with Crippen LogP contribution in [0.1, 0.15) is 27.7 Å². The van der Waals surface area contributed by atoms with Crippen LogP contribution >= 0.6 is 0 Å². The number of ether oxygens (including phenoxy) is 1. The first-order chi connectivity index (χ1) is 6.41. The lowest BCUT2D eigenvalue weighted by atomic mass is 10.0. The predicted molar refractivity (Wildman–Crippen MR) is 50.7 cm³/mol. The number of hydrogen-bond acceptors (Lipinski definition) is 4. The predicted octanol–water partition coefficient (Wildman–Crippen LogP) is 1.04. The van der Waals surface area contributed by atoms with Gasteiger partial charge in [0.15, 0.2) is 11.6 Å². The smallest absolute Gasteiger partial charge is 0.334 e. The zero-order chi connectivity index (χ0) is 11.3. The van der Waals surface area contributed by atoms with Crippen molar-refractivity contribution in [2.75, 3.05) is 6.61 Å². The molecular weight excluding hydrogens is 184 g/mol. The van der Waals surface area contributed by atoms with Gasteiger partial charge < -0.3 is 4.74 Å². The van der Waals surface area contributed by atoms with E-state index in [0.29, 0.717) is 0 Å². The van der Waals surface area contributed by atoms with Crippen LogP contribution in [0.3, 0.4) is 0 Å². The lowest BCUT2D eigenvalue weighted by Gasteiger charge is -2.05. The van der Waals surface area contributed by atoms with Crippen LogP contribution in [0.4, 0.5) is 0 Å². The number of rotatable bonds is 4. The average Bonchev–Trinajstić information content (AvgIpc) is 2.03. The van der Waals surface area contributed by atoms with Gasteiger partial charge in [0, 0.05) is 5.57 Å². The lowest BCUT2D eigenvalue weighted by Crippen LogP contribution is -2.15. The molecular formula is C10H14O4. The maximum absolute atomic E-state index is 11.2. The van der Waals surface area contributed by atoms with Gasteiger partial charge in [0.2, 0.25) is 0 Å². The number of carbonyl (C=O) groups is 3. The molecule has 0 aliphatic heterocycles. The van der Waals surface area contributed by atoms with Crippen molar-refractivity contribution in [2.24, 2.45) is 0 Å². The molecule has 14 heavy (non-hydrogen) atoms. The van der Waals surface area contributed by atoms with E-state index in [1.54, 1.807) is 6.92 Å². The van der Waals surface area contributed by atoms with E-state index in [2.05, 4.69) is 4.74 Å². The van der Waals surface area contributed by atoms with Crippen LogP contribution in [-0.4, -0.2) is 24.1 Å². The molecule has 0 N–H and O–H groups in total. The van der Waals surface area contributed by atoms with Crippen LogP contribution in [0.25, 0.3) is 0 Å². The van der Waals surface area contributed by atoms with Gasteiger partial charge in [0.1, 0.15) is 0 Å². The highest BCUT2D eigenvalue weighted by atomic mass is 16.5. The van der Waals surface area contributed by atoms with E-state index in [0.717, 1.165) is 0 Å². The van der Waals surface area contributed by atoms with E-state index < -0.39 is 17.5 Å². The summed E-state index contributed by atoms with van der Waals surface area (Å²) in [4.78, 5) is 33.3. The molecule has 0 saturated carbocycles. The third-order valence-corrected chi connectivity index (χ3v) is 1.66. The van der Waals surface area contributed by atoms with Crippen LogP contribution in [0, 0.1) is 0 Å². The molecule has 0 fully saturated rings. The Balaban J connectivity index is 5.10. The molecule has 0 bridgehead atoms. The summed E-state index contributed by atoms with van der Waals surface area (Å²) >= 11 is 0. The molecule has 0 amide bonds. The highest BCUT2D eigenvalue weighted by Gasteiger charge is 2.18. The third kappa shape index (κ3) is 3.12. The average molecular weight is 198 g/mol. The van der Waals surface area contributed by atoms with Crippen molar-refractivity contribution >= 4 is 17.5 Å². The topological polar surface area (TPSA) is 60.4 Å². The van der Waals surface area contributed by atoms with Crippen LogP contribution in [0.5, 0.6) is 0 Å². The molecule has 0 aromatic carbocycles. The summed E-state index contributed by atoms with van der Waals surface area (Å²) in [6, 6.07) is 0. The second kappa shape index (κ2) is 5.32. The number of ketones is 2. The van der Waals surface area contributed by atoms with Gasteiger partial charge in [-0.1, -0.05) is 0 Å². The number of carbonyl (C=O) groups excluding carboxylic acids is 3. The van der Waals surface area contributed by atoms with Gasteiger partial charge in [0.05, 0.1) is 12.2 Å². The number of Topliss-reactive ketones (excluding diaryl/α,β-unsaturated/α-hetero) is 2. The fourth-order valence-corrected chi connectivity index (χ4v) is 1.12. The molecule has 4 heteroatoms. The van der Waals surface area contributed by atoms with Crippen molar-refractivity contribution in [1.82, 2.24) is 0 Å². The summed E-state index contributed by atoms with van der Waals surface area (Å²) in [5.74, 6) is -1.45. The first kappa shape index (κ1) is 12.6. The minimum Gasteiger partial charge on any atom is -0.463 e. The molecule has 0 radical (unpaired) electrons. The van der Waals surface area contributed by atoms with Crippen LogP contribution in [0.15, 0.2) is 11.1 Å². The van der Waals surface area contributed by atoms with Gasteiger partial charge >= 0.3 is 5.97 Å². The van der Waals surface area contributed by atoms with E-state index in [9.17, 15) is 14.4 Å². The van der Waals surface area contributed by atoms with E-state index >= 15 is 0 Å². The third-order valence-electron chi connectivity index (χ3n) is 1.66. The zero-order valence-corrected chi connectivity index (χ0v) is 8.84. The summed E-state index contributed by atoms with van der Waals surface area (Å²) in [6.07, 6.45) is 0. The Bertz CT molecular complexity index is 283. The van der Waals surface area contributed by atoms with E-state index in [1.165, 1.54) is 20.8 Å². The highest BCUT2D eigenvalue weighted by molar-refractivity contribution is 6.22. The molecule has 0 aliphatic rings. The maximum atomic E-state index is 11.2. The molecule has 0 spiro atoms. The van der Waals surface area contributed by atoms with E-state index in [4.69, 9.17) is 0 Å². The van der Waals surface area contributed by atoms with Crippen molar-refractivity contribution < 1.29 is 19.1 Å². The fraction of sp³-hybridized carbons (Fsp3) is 0.500. The van der Waals surface area contributed by atoms with Crippen molar-refractivity contribution in [3.63, 3.8) is 0 Å². The summed E-state index contributed by atoms with van der Waals surface area (Å²) in [5.41, 5.74) is -0.00435. The van der Waals surface area contributed by atoms with Gasteiger partial charge in [-0.2, -0.15) is 0 Å². The Morgan fingerprint density at radius 3 is 1.71 bits per heavy atom. The quantitative estimate of drug-likeness (QED) is 0.293. The fourth-order valence-electron chi connectivity index (χ4n) is 1.12. The number of allylic oxidation sites excluding steroid dienone is 1. The van der Waals surface area contributed by atoms with Gasteiger partial charge in [-0.15, -0.1) is 0 Å². The lowest BCUT2D eigenvalue weighted by molar-refractivity contribution is -0.139. The Hall–Kier alpha value is -1.45. The number of hydrogen-bond donors (Lipinski definition) is 0. The van der Waals surface area contributed by atoms with Crippen molar-refractivity contribution in [3.05, 3.63) is 11.1 Å². The SMILES string of the molecule is CCOC(=O)C(C)=C(C(C)=O)C(C)=O. The molecule has 0 heterocycles. The first-order valence-electron chi connectivity index (χ1n) is 4.31. The van der Waals surface area contributed by atoms with Crippen LogP contribution in [-0.2, 0) is 19.1 Å². The largest absolute Gasteiger partial charge is 0.463 e. The minimum atomic E-state index is -0.618. The van der Waals surface area contributed by atoms with Crippen LogP contribution < -0.4 is 0 Å². The monoisotopic (exact) mass is 198 g/mol. The van der Waals surface area contributed by atoms with Crippen LogP contribution in [0.2, 0.25) is 0 Å². The molecule has 0 aromatic heterocycles. The normalized spacial score (nSPS) is 9.14. The number of esters is 1. The van der Waals surface area contributed by atoms with Gasteiger partial charge in [0.25, 0.3) is 0 Å². The summed E-state index contributed by atoms with van der Waals surface area (Å²) in [7, 11) is 0. The summed E-state index contributed by atoms with van der Waals surface area (Å²) in [5, 5.41) is 0. The second-order valence-corrected chi connectivity index (χ2v) is 2.83. The summed E-state index contributed by atoms with van der Waals surface area (Å²) in [6.45, 7) is 5.79. The van der Waals surface area contributed by atoms with E-state index in [-0.39, 0.29) is 17.8 Å². The second-order valence-electron chi connectivity index (χ2n) is 2.83. The molecule has 0 unspecified atom stereocenters. The minimum absolute atomic E-state index is 0.0758. The first-order valence-corrected chi connectivity index (χ1v) is 4.31. The molecule has 0 aliphatic carbocycles. The molecule has 0 rings (SSSR count). The van der Waals surface area contributed by atoms with Crippen molar-refractivity contribution in [1.29, 1.82) is 0 Å². The molecule has 0 aromatic rings. The van der Waals surface area contributed by atoms with Crippen molar-refractivity contribution in [3.8, 4) is 0 Å². The van der Waals surface area contributed by atoms with Gasteiger partial charge in [-0.25, -0.2) is 4.79 Å². The Morgan fingerprint density at radius 1 is 1.00 bits per heavy atom. The molecule has 4 nitrogen and oxygen atoms in total. The highest BCUT2D eigenvalue weighted by Crippen LogP contribution is 2.08. The van der Waals surface area contributed by atoms with E-state index in [1.807, 2.05) is 0 Å². The Kier molecular flexibility index (Phi) is 4.77. The van der Waals surface area contributed by atoms with Crippen molar-refractivity contribution in [2.45, 2.75) is 27.7 Å². The Morgan fingerprint density at radius 2 is 1.43 bits per heavy atom. The maximum Gasteiger partial charge on any atom is 0.334 e. The molecule has 0 atom stereocenters. The van der Waals surface area contributed by atoms with Gasteiger partial charge in [-0.3, -0.25) is 9.59 Å². The standard InChI is InChI=1S/C10H14O4/c1-5-14-10(13)6(2)9(7(3)11)8(4)12/h5H2,1-4H3. The zero-order valence-electron chi connectivity index (χ0n) is 8.84.